The van der Waals surface area contributed by atoms with Crippen molar-refractivity contribution in [2.24, 2.45) is 0 Å². The third kappa shape index (κ3) is 4.42. The molecule has 7 heteroatoms. The van der Waals surface area contributed by atoms with Crippen LogP contribution in [0.15, 0.2) is 54.7 Å². The minimum atomic E-state index is -3.24. The van der Waals surface area contributed by atoms with Crippen LogP contribution in [-0.2, 0) is 26.7 Å². The maximum Gasteiger partial charge on any atom is 0.230 e. The van der Waals surface area contributed by atoms with Crippen LogP contribution in [-0.4, -0.2) is 49.0 Å². The molecule has 6 nitrogen and oxygen atoms in total. The van der Waals surface area contributed by atoms with Gasteiger partial charge in [-0.25, -0.2) is 12.7 Å². The number of pyridine rings is 1. The Labute approximate surface area is 167 Å². The number of carbonyl (C=O) groups is 1. The first-order chi connectivity index (χ1) is 13.5. The van der Waals surface area contributed by atoms with Crippen LogP contribution in [0.2, 0.25) is 0 Å². The normalized spacial score (nSPS) is 17.2. The lowest BCUT2D eigenvalue weighted by atomic mass is 9.72. The van der Waals surface area contributed by atoms with Gasteiger partial charge in [0.25, 0.3) is 0 Å². The minimum absolute atomic E-state index is 0.0387. The van der Waals surface area contributed by atoms with Crippen LogP contribution in [0.25, 0.3) is 0 Å². The molecule has 1 aliphatic heterocycles. The Morgan fingerprint density at radius 1 is 1.11 bits per heavy atom. The summed E-state index contributed by atoms with van der Waals surface area (Å²) in [6.45, 7) is 2.87. The third-order valence-corrected chi connectivity index (χ3v) is 7.37. The van der Waals surface area contributed by atoms with Crippen molar-refractivity contribution in [2.75, 3.05) is 25.4 Å². The zero-order chi connectivity index (χ0) is 20.0. The highest BCUT2D eigenvalue weighted by molar-refractivity contribution is 7.89. The molecule has 1 aliphatic rings. The quantitative estimate of drug-likeness (QED) is 0.771. The Morgan fingerprint density at radius 2 is 1.79 bits per heavy atom. The van der Waals surface area contributed by atoms with Gasteiger partial charge in [-0.2, -0.15) is 0 Å². The second-order valence-electron chi connectivity index (χ2n) is 7.07. The maximum absolute atomic E-state index is 13.2. The van der Waals surface area contributed by atoms with Crippen LogP contribution < -0.4 is 5.32 Å². The van der Waals surface area contributed by atoms with Gasteiger partial charge in [-0.3, -0.25) is 9.78 Å². The molecule has 1 N–H and O–H groups in total. The van der Waals surface area contributed by atoms with Crippen molar-refractivity contribution in [3.05, 3.63) is 66.0 Å². The highest BCUT2D eigenvalue weighted by atomic mass is 32.2. The molecule has 0 spiro atoms. The van der Waals surface area contributed by atoms with Crippen LogP contribution in [0.1, 0.15) is 31.0 Å². The lowest BCUT2D eigenvalue weighted by molar-refractivity contribution is -0.128. The summed E-state index contributed by atoms with van der Waals surface area (Å²) in [5.74, 6) is 0.0462. The van der Waals surface area contributed by atoms with Crippen molar-refractivity contribution < 1.29 is 13.2 Å². The molecule has 0 radical (unpaired) electrons. The van der Waals surface area contributed by atoms with Crippen molar-refractivity contribution in [1.29, 1.82) is 0 Å². The Kier molecular flexibility index (Phi) is 6.46. The van der Waals surface area contributed by atoms with Crippen LogP contribution in [0, 0.1) is 0 Å². The molecule has 3 rings (SSSR count). The first-order valence-electron chi connectivity index (χ1n) is 9.69. The Morgan fingerprint density at radius 3 is 2.39 bits per heavy atom. The fourth-order valence-corrected chi connectivity index (χ4v) is 4.86. The van der Waals surface area contributed by atoms with Crippen LogP contribution in [0.3, 0.4) is 0 Å². The van der Waals surface area contributed by atoms with Gasteiger partial charge >= 0.3 is 0 Å². The molecule has 0 atom stereocenters. The van der Waals surface area contributed by atoms with Crippen molar-refractivity contribution in [3.63, 3.8) is 0 Å². The number of hydrogen-bond donors (Lipinski definition) is 1. The topological polar surface area (TPSA) is 79.4 Å². The van der Waals surface area contributed by atoms with E-state index in [4.69, 9.17) is 0 Å². The number of hydrogen-bond acceptors (Lipinski definition) is 4. The molecule has 1 saturated heterocycles. The highest BCUT2D eigenvalue weighted by Crippen LogP contribution is 2.36. The second-order valence-corrected chi connectivity index (χ2v) is 9.33. The van der Waals surface area contributed by atoms with E-state index in [0.717, 1.165) is 11.3 Å². The van der Waals surface area contributed by atoms with Crippen LogP contribution in [0.5, 0.6) is 0 Å². The SMILES string of the molecule is CCS(=O)(=O)N1CCC(C(=O)NCCc2ccccn2)(c2ccccc2)CC1. The molecule has 0 saturated carbocycles. The molecule has 0 aliphatic carbocycles. The fourth-order valence-electron chi connectivity index (χ4n) is 3.75. The summed E-state index contributed by atoms with van der Waals surface area (Å²) in [4.78, 5) is 17.5. The van der Waals surface area contributed by atoms with Gasteiger partial charge in [0.05, 0.1) is 11.2 Å². The van der Waals surface area contributed by atoms with Crippen molar-refractivity contribution in [2.45, 2.75) is 31.6 Å². The molecule has 1 aromatic heterocycles. The fraction of sp³-hybridized carbons (Fsp3) is 0.429. The summed E-state index contributed by atoms with van der Waals surface area (Å²) in [5, 5.41) is 3.06. The van der Waals surface area contributed by atoms with Crippen LogP contribution in [0.4, 0.5) is 0 Å². The second kappa shape index (κ2) is 8.84. The van der Waals surface area contributed by atoms with Gasteiger partial charge in [-0.15, -0.1) is 0 Å². The number of aromatic nitrogens is 1. The summed E-state index contributed by atoms with van der Waals surface area (Å²) in [7, 11) is -3.24. The standard InChI is InChI=1S/C21H27N3O3S/c1-2-28(26,27)24-16-12-21(13-17-24,18-8-4-3-5-9-18)20(25)23-15-11-19-10-6-7-14-22-19/h3-10,14H,2,11-13,15-17H2,1H3,(H,23,25). The van der Waals surface area contributed by atoms with Gasteiger partial charge in [0, 0.05) is 37.9 Å². The molecule has 1 amide bonds. The van der Waals surface area contributed by atoms with E-state index in [1.807, 2.05) is 48.5 Å². The number of piperidine rings is 1. The van der Waals surface area contributed by atoms with E-state index >= 15 is 0 Å². The molecular formula is C21H27N3O3S. The van der Waals surface area contributed by atoms with Gasteiger partial charge in [-0.05, 0) is 37.5 Å². The van der Waals surface area contributed by atoms with E-state index in [0.29, 0.717) is 38.9 Å². The van der Waals surface area contributed by atoms with E-state index in [-0.39, 0.29) is 11.7 Å². The molecular weight excluding hydrogens is 374 g/mol. The minimum Gasteiger partial charge on any atom is -0.355 e. The Bertz CT molecular complexity index is 878. The van der Waals surface area contributed by atoms with E-state index in [1.54, 1.807) is 13.1 Å². The first kappa shape index (κ1) is 20.5. The largest absolute Gasteiger partial charge is 0.355 e. The van der Waals surface area contributed by atoms with Gasteiger partial charge < -0.3 is 5.32 Å². The molecule has 2 aromatic rings. The zero-order valence-electron chi connectivity index (χ0n) is 16.2. The number of sulfonamides is 1. The predicted octanol–water partition coefficient (Wildman–Crippen LogP) is 2.12. The predicted molar refractivity (Wildman–Crippen MR) is 109 cm³/mol. The molecule has 1 fully saturated rings. The first-order valence-corrected chi connectivity index (χ1v) is 11.3. The van der Waals surface area contributed by atoms with Gasteiger partial charge in [0.15, 0.2) is 0 Å². The average molecular weight is 402 g/mol. The average Bonchev–Trinajstić information content (AvgIpc) is 2.75. The number of rotatable bonds is 7. The number of benzene rings is 1. The van der Waals surface area contributed by atoms with E-state index in [2.05, 4.69) is 10.3 Å². The summed E-state index contributed by atoms with van der Waals surface area (Å²) in [6.07, 6.45) is 3.36. The highest BCUT2D eigenvalue weighted by Gasteiger charge is 2.44. The lowest BCUT2D eigenvalue weighted by Gasteiger charge is -2.40. The van der Waals surface area contributed by atoms with Crippen molar-refractivity contribution in [3.8, 4) is 0 Å². The van der Waals surface area contributed by atoms with Gasteiger partial charge in [-0.1, -0.05) is 36.4 Å². The molecule has 28 heavy (non-hydrogen) atoms. The van der Waals surface area contributed by atoms with E-state index < -0.39 is 15.4 Å². The van der Waals surface area contributed by atoms with E-state index in [1.165, 1.54) is 4.31 Å². The number of nitrogens with zero attached hydrogens (tertiary/aromatic N) is 2. The number of nitrogens with one attached hydrogen (secondary N) is 1. The van der Waals surface area contributed by atoms with E-state index in [9.17, 15) is 13.2 Å². The summed E-state index contributed by atoms with van der Waals surface area (Å²) < 4.78 is 25.9. The van der Waals surface area contributed by atoms with Gasteiger partial charge in [0.2, 0.25) is 15.9 Å². The summed E-state index contributed by atoms with van der Waals surface area (Å²) in [6, 6.07) is 15.4. The molecule has 0 unspecified atom stereocenters. The van der Waals surface area contributed by atoms with Gasteiger partial charge in [0.1, 0.15) is 0 Å². The summed E-state index contributed by atoms with van der Waals surface area (Å²) in [5.41, 5.74) is 1.17. The number of carbonyl (C=O) groups excluding carboxylic acids is 1. The molecule has 0 bridgehead atoms. The maximum atomic E-state index is 13.2. The lowest BCUT2D eigenvalue weighted by Crippen LogP contribution is -2.53. The molecule has 2 heterocycles. The van der Waals surface area contributed by atoms with Crippen molar-refractivity contribution in [1.82, 2.24) is 14.6 Å². The Balaban J connectivity index is 1.74. The number of amides is 1. The third-order valence-electron chi connectivity index (χ3n) is 5.49. The molecule has 1 aromatic carbocycles. The summed E-state index contributed by atoms with van der Waals surface area (Å²) >= 11 is 0. The monoisotopic (exact) mass is 401 g/mol. The smallest absolute Gasteiger partial charge is 0.230 e. The van der Waals surface area contributed by atoms with Crippen molar-refractivity contribution >= 4 is 15.9 Å². The zero-order valence-corrected chi connectivity index (χ0v) is 17.0. The van der Waals surface area contributed by atoms with Crippen LogP contribution >= 0.6 is 0 Å². The Hall–Kier alpha value is -2.25. The molecule has 150 valence electrons.